The number of carbonyl (C=O) groups excluding carboxylic acids is 3. The average Bonchev–Trinajstić information content (AvgIpc) is 2.41. The minimum Gasteiger partial charge on any atom is -0.464 e. The van der Waals surface area contributed by atoms with Crippen LogP contribution in [0, 0.1) is 5.92 Å². The summed E-state index contributed by atoms with van der Waals surface area (Å²) in [5, 5.41) is 13.9. The highest BCUT2D eigenvalue weighted by atomic mass is 16.6. The Morgan fingerprint density at radius 1 is 1.10 bits per heavy atom. The Bertz CT molecular complexity index is 387. The monoisotopic (exact) mass is 302 g/mol. The summed E-state index contributed by atoms with van der Waals surface area (Å²) in [5.74, 6) is -2.61. The van der Waals surface area contributed by atoms with E-state index in [-0.39, 0.29) is 31.3 Å². The van der Waals surface area contributed by atoms with Crippen molar-refractivity contribution in [2.75, 3.05) is 13.2 Å². The lowest BCUT2D eigenvalue weighted by Gasteiger charge is -2.16. The van der Waals surface area contributed by atoms with Crippen molar-refractivity contribution in [1.29, 1.82) is 0 Å². The van der Waals surface area contributed by atoms with Crippen molar-refractivity contribution in [3.63, 3.8) is 0 Å². The van der Waals surface area contributed by atoms with Crippen molar-refractivity contribution in [1.82, 2.24) is 5.32 Å². The molecule has 0 aromatic rings. The van der Waals surface area contributed by atoms with E-state index in [1.807, 2.05) is 13.8 Å². The number of rotatable bonds is 8. The Labute approximate surface area is 123 Å². The fourth-order valence-corrected chi connectivity index (χ4v) is 1.45. The molecule has 0 rings (SSSR count). The quantitative estimate of drug-likeness (QED) is 0.221. The van der Waals surface area contributed by atoms with E-state index in [0.717, 1.165) is 0 Å². The molecule has 0 heterocycles. The second-order valence-corrected chi connectivity index (χ2v) is 4.56. The Morgan fingerprint density at radius 2 is 1.57 bits per heavy atom. The van der Waals surface area contributed by atoms with Crippen LogP contribution < -0.4 is 5.32 Å². The smallest absolute Gasteiger partial charge is 0.340 e. The predicted octanol–water partition coefficient (Wildman–Crippen LogP) is 0.474. The van der Waals surface area contributed by atoms with Gasteiger partial charge in [-0.1, -0.05) is 19.0 Å². The zero-order valence-electron chi connectivity index (χ0n) is 12.7. The molecule has 0 radical (unpaired) electrons. The summed E-state index contributed by atoms with van der Waals surface area (Å²) >= 11 is 0. The molecule has 0 unspecified atom stereocenters. The summed E-state index contributed by atoms with van der Waals surface area (Å²) in [5.41, 5.74) is -0.177. The maximum Gasteiger partial charge on any atom is 0.340 e. The molecular formula is C13H22N2O6. The zero-order chi connectivity index (χ0) is 16.4. The molecule has 21 heavy (non-hydrogen) atoms. The molecule has 0 aliphatic rings. The van der Waals surface area contributed by atoms with Gasteiger partial charge in [-0.25, -0.2) is 9.59 Å². The predicted molar refractivity (Wildman–Crippen MR) is 73.9 cm³/mol. The van der Waals surface area contributed by atoms with Gasteiger partial charge in [-0.3, -0.25) is 4.79 Å². The van der Waals surface area contributed by atoms with Gasteiger partial charge in [-0.05, 0) is 19.8 Å². The van der Waals surface area contributed by atoms with E-state index in [2.05, 4.69) is 10.5 Å². The van der Waals surface area contributed by atoms with Gasteiger partial charge in [-0.2, -0.15) is 0 Å². The summed E-state index contributed by atoms with van der Waals surface area (Å²) in [7, 11) is 0. The van der Waals surface area contributed by atoms with E-state index in [4.69, 9.17) is 14.7 Å². The molecule has 0 saturated carbocycles. The molecule has 0 aromatic carbocycles. The van der Waals surface area contributed by atoms with Gasteiger partial charge in [0, 0.05) is 6.42 Å². The Morgan fingerprint density at radius 3 is 1.90 bits per heavy atom. The Kier molecular flexibility index (Phi) is 8.75. The van der Waals surface area contributed by atoms with Gasteiger partial charge < -0.3 is 20.0 Å². The third-order valence-corrected chi connectivity index (χ3v) is 2.30. The number of nitrogens with one attached hydrogen (secondary N) is 1. The minimum absolute atomic E-state index is 0.0531. The first-order valence-corrected chi connectivity index (χ1v) is 6.72. The van der Waals surface area contributed by atoms with Crippen LogP contribution in [0.25, 0.3) is 0 Å². The van der Waals surface area contributed by atoms with Crippen LogP contribution in [0.15, 0.2) is 5.16 Å². The topological polar surface area (TPSA) is 114 Å². The van der Waals surface area contributed by atoms with E-state index in [1.165, 1.54) is 0 Å². The van der Waals surface area contributed by atoms with Crippen LogP contribution in [0.1, 0.15) is 34.1 Å². The van der Waals surface area contributed by atoms with Crippen LogP contribution in [-0.4, -0.2) is 48.0 Å². The summed E-state index contributed by atoms with van der Waals surface area (Å²) in [6.45, 7) is 6.90. The van der Waals surface area contributed by atoms with E-state index in [0.29, 0.717) is 0 Å². The summed E-state index contributed by atoms with van der Waals surface area (Å²) in [6, 6.07) is -1.58. The number of hydrogen-bond donors (Lipinski definition) is 2. The molecule has 0 fully saturated rings. The van der Waals surface area contributed by atoms with E-state index in [9.17, 15) is 14.4 Å². The van der Waals surface area contributed by atoms with Crippen LogP contribution in [0.4, 0.5) is 0 Å². The first-order chi connectivity index (χ1) is 9.87. The second-order valence-electron chi connectivity index (χ2n) is 4.56. The van der Waals surface area contributed by atoms with E-state index in [1.54, 1.807) is 13.8 Å². The lowest BCUT2D eigenvalue weighted by Crippen LogP contribution is -2.50. The molecule has 1 amide bonds. The summed E-state index contributed by atoms with van der Waals surface area (Å²) in [6.07, 6.45) is 0.195. The first kappa shape index (κ1) is 18.9. The summed E-state index contributed by atoms with van der Waals surface area (Å²) < 4.78 is 9.42. The number of oxime groups is 1. The van der Waals surface area contributed by atoms with Gasteiger partial charge in [0.25, 0.3) is 5.91 Å². The number of esters is 2. The van der Waals surface area contributed by atoms with Crippen LogP contribution in [0.3, 0.4) is 0 Å². The van der Waals surface area contributed by atoms with Crippen molar-refractivity contribution in [3.8, 4) is 0 Å². The van der Waals surface area contributed by atoms with Gasteiger partial charge in [-0.15, -0.1) is 0 Å². The maximum atomic E-state index is 11.9. The molecule has 120 valence electrons. The van der Waals surface area contributed by atoms with Crippen molar-refractivity contribution < 1.29 is 29.1 Å². The van der Waals surface area contributed by atoms with E-state index >= 15 is 0 Å². The normalized spacial score (nSPS) is 11.4. The molecule has 0 saturated heterocycles. The molecule has 2 N–H and O–H groups in total. The van der Waals surface area contributed by atoms with Crippen molar-refractivity contribution >= 4 is 23.6 Å². The number of ether oxygens (including phenoxy) is 2. The van der Waals surface area contributed by atoms with Crippen LogP contribution >= 0.6 is 0 Å². The van der Waals surface area contributed by atoms with Crippen molar-refractivity contribution in [3.05, 3.63) is 0 Å². The van der Waals surface area contributed by atoms with Gasteiger partial charge in [0.15, 0.2) is 0 Å². The highest BCUT2D eigenvalue weighted by Gasteiger charge is 2.32. The maximum absolute atomic E-state index is 11.9. The molecule has 0 aromatic heterocycles. The minimum atomic E-state index is -1.58. The third kappa shape index (κ3) is 6.73. The third-order valence-electron chi connectivity index (χ3n) is 2.30. The van der Waals surface area contributed by atoms with Crippen LogP contribution in [0.2, 0.25) is 0 Å². The first-order valence-electron chi connectivity index (χ1n) is 6.72. The molecule has 0 aliphatic carbocycles. The summed E-state index contributed by atoms with van der Waals surface area (Å²) in [4.78, 5) is 35.3. The average molecular weight is 302 g/mol. The van der Waals surface area contributed by atoms with Crippen LogP contribution in [0.5, 0.6) is 0 Å². The fraction of sp³-hybridized carbons (Fsp3) is 0.692. The lowest BCUT2D eigenvalue weighted by atomic mass is 10.1. The molecule has 0 bridgehead atoms. The second kappa shape index (κ2) is 9.73. The Balaban J connectivity index is 4.98. The molecular weight excluding hydrogens is 280 g/mol. The molecule has 0 atom stereocenters. The van der Waals surface area contributed by atoms with Gasteiger partial charge >= 0.3 is 11.9 Å². The molecule has 8 heteroatoms. The van der Waals surface area contributed by atoms with E-state index < -0.39 is 23.9 Å². The van der Waals surface area contributed by atoms with Gasteiger partial charge in [0.1, 0.15) is 5.71 Å². The van der Waals surface area contributed by atoms with Crippen molar-refractivity contribution in [2.45, 2.75) is 40.2 Å². The lowest BCUT2D eigenvalue weighted by molar-refractivity contribution is -0.159. The Hall–Kier alpha value is -2.12. The van der Waals surface area contributed by atoms with Crippen molar-refractivity contribution in [2.24, 2.45) is 11.1 Å². The van der Waals surface area contributed by atoms with Gasteiger partial charge in [0.2, 0.25) is 6.04 Å². The molecule has 8 nitrogen and oxygen atoms in total. The number of carbonyl (C=O) groups is 3. The number of nitrogens with zero attached hydrogens (tertiary/aromatic N) is 1. The van der Waals surface area contributed by atoms with Crippen LogP contribution in [-0.2, 0) is 23.9 Å². The standard InChI is InChI=1S/C13H22N2O6/c1-5-20-12(17)10(13(18)21-6-2)14-11(16)9(15-19)7-8(3)4/h8,10,19H,5-7H2,1-4H3,(H,14,16). The fourth-order valence-electron chi connectivity index (χ4n) is 1.45. The zero-order valence-corrected chi connectivity index (χ0v) is 12.7. The molecule has 0 spiro atoms. The highest BCUT2D eigenvalue weighted by Crippen LogP contribution is 2.03. The highest BCUT2D eigenvalue weighted by molar-refractivity contribution is 6.39. The number of amides is 1. The SMILES string of the molecule is CCOC(=O)C(NC(=O)C(CC(C)C)=NO)C(=O)OCC. The van der Waals surface area contributed by atoms with Gasteiger partial charge in [0.05, 0.1) is 13.2 Å². The number of hydrogen-bond acceptors (Lipinski definition) is 7. The molecule has 0 aliphatic heterocycles. The largest absolute Gasteiger partial charge is 0.464 e.